The number of nitrogens with zero attached hydrogens (tertiary/aromatic N) is 2. The molecule has 2 amide bonds. The summed E-state index contributed by atoms with van der Waals surface area (Å²) in [7, 11) is 3.27. The fourth-order valence-electron chi connectivity index (χ4n) is 3.92. The van der Waals surface area contributed by atoms with E-state index in [1.54, 1.807) is 19.1 Å². The van der Waals surface area contributed by atoms with Gasteiger partial charge in [0, 0.05) is 56.6 Å². The van der Waals surface area contributed by atoms with Crippen molar-refractivity contribution >= 4 is 17.7 Å². The lowest BCUT2D eigenvalue weighted by Gasteiger charge is -2.31. The molecule has 0 radical (unpaired) electrons. The monoisotopic (exact) mass is 391 g/mol. The van der Waals surface area contributed by atoms with Gasteiger partial charge in [0.15, 0.2) is 0 Å². The molecule has 2 N–H and O–H groups in total. The maximum Gasteiger partial charge on any atom is 0.317 e. The number of anilines is 1. The molecule has 2 aliphatic heterocycles. The number of piperidine rings is 1. The molecule has 0 spiro atoms. The Labute approximate surface area is 165 Å². The van der Waals surface area contributed by atoms with Gasteiger partial charge in [-0.15, -0.1) is 0 Å². The predicted octanol–water partition coefficient (Wildman–Crippen LogP) is 2.04. The third-order valence-electron chi connectivity index (χ3n) is 5.59. The number of amides is 2. The van der Waals surface area contributed by atoms with E-state index in [0.29, 0.717) is 32.0 Å². The molecule has 0 aromatic heterocycles. The summed E-state index contributed by atoms with van der Waals surface area (Å²) in [6.07, 6.45) is 2.36. The first kappa shape index (κ1) is 20.1. The van der Waals surface area contributed by atoms with E-state index in [9.17, 15) is 14.7 Å². The molecule has 2 saturated heterocycles. The zero-order valence-corrected chi connectivity index (χ0v) is 16.5. The number of aliphatic carboxylic acids is 1. The molecule has 1 aromatic rings. The second-order valence-electron chi connectivity index (χ2n) is 7.48. The lowest BCUT2D eigenvalue weighted by atomic mass is 9.99. The van der Waals surface area contributed by atoms with Crippen LogP contribution in [0.25, 0.3) is 0 Å². The largest absolute Gasteiger partial charge is 0.497 e. The number of hydrogen-bond donors (Lipinski definition) is 2. The molecule has 1 aromatic carbocycles. The van der Waals surface area contributed by atoms with Gasteiger partial charge in [0.1, 0.15) is 11.5 Å². The Morgan fingerprint density at radius 3 is 2.46 bits per heavy atom. The minimum atomic E-state index is -0.822. The fourth-order valence-corrected chi connectivity index (χ4v) is 3.92. The Balaban J connectivity index is 1.51. The Morgan fingerprint density at radius 2 is 1.82 bits per heavy atom. The highest BCUT2D eigenvalue weighted by Crippen LogP contribution is 2.31. The van der Waals surface area contributed by atoms with E-state index in [-0.39, 0.29) is 6.03 Å². The summed E-state index contributed by atoms with van der Waals surface area (Å²) in [6, 6.07) is 5.67. The highest BCUT2D eigenvalue weighted by atomic mass is 16.5. The summed E-state index contributed by atoms with van der Waals surface area (Å²) in [4.78, 5) is 27.5. The number of benzene rings is 1. The van der Waals surface area contributed by atoms with Crippen molar-refractivity contribution in [3.8, 4) is 11.5 Å². The van der Waals surface area contributed by atoms with Crippen molar-refractivity contribution in [3.63, 3.8) is 0 Å². The number of carbonyl (C=O) groups is 2. The van der Waals surface area contributed by atoms with Crippen molar-refractivity contribution in [1.82, 2.24) is 10.2 Å². The topological polar surface area (TPSA) is 91.3 Å². The maximum absolute atomic E-state index is 12.4. The number of carbonyl (C=O) groups excluding carboxylic acids is 1. The molecule has 154 valence electrons. The average molecular weight is 391 g/mol. The van der Waals surface area contributed by atoms with Crippen molar-refractivity contribution in [2.45, 2.75) is 19.3 Å². The second kappa shape index (κ2) is 9.03. The van der Waals surface area contributed by atoms with Gasteiger partial charge in [-0.25, -0.2) is 4.79 Å². The van der Waals surface area contributed by atoms with Crippen LogP contribution in [0.15, 0.2) is 18.2 Å². The lowest BCUT2D eigenvalue weighted by Crippen LogP contribution is -2.48. The van der Waals surface area contributed by atoms with Gasteiger partial charge in [-0.3, -0.25) is 4.79 Å². The third kappa shape index (κ3) is 4.79. The van der Waals surface area contributed by atoms with E-state index >= 15 is 0 Å². The third-order valence-corrected chi connectivity index (χ3v) is 5.59. The quantitative estimate of drug-likeness (QED) is 0.771. The maximum atomic E-state index is 12.4. The normalized spacial score (nSPS) is 22.1. The molecule has 0 aliphatic carbocycles. The summed E-state index contributed by atoms with van der Waals surface area (Å²) in [5.41, 5.74) is 1.05. The van der Waals surface area contributed by atoms with Gasteiger partial charge in [0.25, 0.3) is 0 Å². The van der Waals surface area contributed by atoms with Crippen LogP contribution in [-0.4, -0.2) is 69.0 Å². The van der Waals surface area contributed by atoms with Crippen LogP contribution < -0.4 is 19.7 Å². The summed E-state index contributed by atoms with van der Waals surface area (Å²) >= 11 is 0. The number of likely N-dealkylation sites (tertiary alicyclic amines) is 1. The molecule has 2 aliphatic rings. The summed E-state index contributed by atoms with van der Waals surface area (Å²) in [5.74, 6) is 0.580. The van der Waals surface area contributed by atoms with Crippen molar-refractivity contribution in [2.24, 2.45) is 11.8 Å². The highest BCUT2D eigenvalue weighted by Gasteiger charge is 2.29. The van der Waals surface area contributed by atoms with Gasteiger partial charge in [-0.05, 0) is 25.2 Å². The van der Waals surface area contributed by atoms with Gasteiger partial charge in [0.05, 0.1) is 20.1 Å². The van der Waals surface area contributed by atoms with Gasteiger partial charge in [-0.1, -0.05) is 0 Å². The molecule has 0 saturated carbocycles. The molecule has 2 unspecified atom stereocenters. The second-order valence-corrected chi connectivity index (χ2v) is 7.48. The molecular weight excluding hydrogens is 362 g/mol. The summed E-state index contributed by atoms with van der Waals surface area (Å²) in [6.45, 7) is 3.25. The van der Waals surface area contributed by atoms with Crippen LogP contribution in [0.3, 0.4) is 0 Å². The number of ether oxygens (including phenoxy) is 2. The first-order chi connectivity index (χ1) is 13.5. The van der Waals surface area contributed by atoms with E-state index in [4.69, 9.17) is 9.47 Å². The Bertz CT molecular complexity index is 689. The van der Waals surface area contributed by atoms with Crippen LogP contribution in [0.4, 0.5) is 10.5 Å². The van der Waals surface area contributed by atoms with Crippen molar-refractivity contribution in [3.05, 3.63) is 18.2 Å². The van der Waals surface area contributed by atoms with Crippen LogP contribution in [0, 0.1) is 11.8 Å². The molecule has 2 fully saturated rings. The van der Waals surface area contributed by atoms with E-state index in [1.807, 2.05) is 18.2 Å². The van der Waals surface area contributed by atoms with Gasteiger partial charge in [-0.2, -0.15) is 0 Å². The summed E-state index contributed by atoms with van der Waals surface area (Å²) in [5, 5.41) is 12.2. The number of carboxylic acids is 1. The highest BCUT2D eigenvalue weighted by molar-refractivity contribution is 5.76. The smallest absolute Gasteiger partial charge is 0.317 e. The number of hydrogen-bond acceptors (Lipinski definition) is 5. The molecule has 2 heterocycles. The predicted molar refractivity (Wildman–Crippen MR) is 105 cm³/mol. The van der Waals surface area contributed by atoms with Crippen LogP contribution in [0.1, 0.15) is 19.3 Å². The van der Waals surface area contributed by atoms with E-state index in [0.717, 1.165) is 43.1 Å². The minimum Gasteiger partial charge on any atom is -0.497 e. The zero-order valence-electron chi connectivity index (χ0n) is 16.5. The first-order valence-electron chi connectivity index (χ1n) is 9.73. The molecule has 28 heavy (non-hydrogen) atoms. The fraction of sp³-hybridized carbons (Fsp3) is 0.600. The number of urea groups is 1. The lowest BCUT2D eigenvalue weighted by molar-refractivity contribution is -0.143. The molecular formula is C20H29N3O5. The molecule has 2 atom stereocenters. The van der Waals surface area contributed by atoms with Crippen molar-refractivity contribution in [2.75, 3.05) is 51.8 Å². The first-order valence-corrected chi connectivity index (χ1v) is 9.73. The summed E-state index contributed by atoms with van der Waals surface area (Å²) < 4.78 is 10.7. The Hall–Kier alpha value is -2.64. The van der Waals surface area contributed by atoms with E-state index < -0.39 is 11.9 Å². The standard InChI is InChI=1S/C20H29N3O5/c1-27-17-8-16(9-18(10-17)28-2)22-7-5-14(12-22)11-21-20(26)23-6-3-4-15(13-23)19(24)25/h8-10,14-15H,3-7,11-13H2,1-2H3,(H,21,26)(H,24,25). The molecule has 8 nitrogen and oxygen atoms in total. The molecule has 0 bridgehead atoms. The Kier molecular flexibility index (Phi) is 6.49. The minimum absolute atomic E-state index is 0.160. The van der Waals surface area contributed by atoms with E-state index in [2.05, 4.69) is 10.2 Å². The SMILES string of the molecule is COc1cc(OC)cc(N2CCC(CNC(=O)N3CCCC(C(=O)O)C3)C2)c1. The number of rotatable bonds is 6. The van der Waals surface area contributed by atoms with Crippen LogP contribution in [0.2, 0.25) is 0 Å². The van der Waals surface area contributed by atoms with Gasteiger partial charge in [0.2, 0.25) is 0 Å². The average Bonchev–Trinajstić information content (AvgIpc) is 3.20. The van der Waals surface area contributed by atoms with E-state index in [1.165, 1.54) is 0 Å². The van der Waals surface area contributed by atoms with Crippen LogP contribution >= 0.6 is 0 Å². The number of carboxylic acid groups (broad SMARTS) is 1. The Morgan fingerprint density at radius 1 is 1.11 bits per heavy atom. The zero-order chi connectivity index (χ0) is 20.1. The number of nitrogens with one attached hydrogen (secondary N) is 1. The molecule has 3 rings (SSSR count). The molecule has 8 heteroatoms. The van der Waals surface area contributed by atoms with Crippen molar-refractivity contribution in [1.29, 1.82) is 0 Å². The van der Waals surface area contributed by atoms with Crippen LogP contribution in [-0.2, 0) is 4.79 Å². The number of methoxy groups -OCH3 is 2. The van der Waals surface area contributed by atoms with Crippen LogP contribution in [0.5, 0.6) is 11.5 Å². The van der Waals surface area contributed by atoms with Gasteiger partial charge < -0.3 is 29.7 Å². The van der Waals surface area contributed by atoms with Crippen molar-refractivity contribution < 1.29 is 24.2 Å². The van der Waals surface area contributed by atoms with Gasteiger partial charge >= 0.3 is 12.0 Å².